The average molecular weight is 535 g/mol. The summed E-state index contributed by atoms with van der Waals surface area (Å²) in [7, 11) is 0. The first-order valence-corrected chi connectivity index (χ1v) is 11.5. The molecule has 0 aliphatic carbocycles. The summed E-state index contributed by atoms with van der Waals surface area (Å²) in [4.78, 5) is 26.1. The highest BCUT2D eigenvalue weighted by Gasteiger charge is 2.36. The van der Waals surface area contributed by atoms with Crippen LogP contribution in [0.1, 0.15) is 23.2 Å². The molecule has 3 aromatic rings. The molecule has 2 atom stereocenters. The first-order chi connectivity index (χ1) is 18.2. The second-order valence-electron chi connectivity index (χ2n) is 8.89. The summed E-state index contributed by atoms with van der Waals surface area (Å²) in [6, 6.07) is 2.72. The lowest BCUT2D eigenvalue weighted by atomic mass is 9.88. The summed E-state index contributed by atoms with van der Waals surface area (Å²) in [6.07, 6.45) is 2.15. The van der Waals surface area contributed by atoms with Gasteiger partial charge >= 0.3 is 0 Å². The zero-order valence-corrected chi connectivity index (χ0v) is 19.5. The van der Waals surface area contributed by atoms with E-state index in [4.69, 9.17) is 15.5 Å². The normalized spacial score (nSPS) is 18.8. The van der Waals surface area contributed by atoms with E-state index in [-0.39, 0.29) is 35.6 Å². The lowest BCUT2D eigenvalue weighted by Crippen LogP contribution is -2.34. The Morgan fingerprint density at radius 3 is 2.47 bits per heavy atom. The lowest BCUT2D eigenvalue weighted by molar-refractivity contribution is -0.131. The molecule has 1 unspecified atom stereocenters. The van der Waals surface area contributed by atoms with Gasteiger partial charge in [-0.05, 0) is 18.6 Å². The molecule has 2 N–H and O–H groups in total. The first kappa shape index (κ1) is 25.5. The minimum absolute atomic E-state index is 0.0276. The standard InChI is InChI=1S/C25H19F6N5O2/c26-8-19(37)36-4-3-11(9-36)17-7-18-20(25(32)34-10-33-18)23(35-17)13-2-1-12(5-14(13)27)38-24-21(30)15(28)6-16(29)22(24)31/h1-2,5-6,10-11,17H,3-4,7-9H2,(H2,32,33,34)/t11-,17?/m1/s1. The first-order valence-electron chi connectivity index (χ1n) is 11.5. The van der Waals surface area contributed by atoms with Gasteiger partial charge in [0.2, 0.25) is 17.4 Å². The molecule has 1 fully saturated rings. The Hall–Kier alpha value is -4.16. The second-order valence-corrected chi connectivity index (χ2v) is 8.89. The van der Waals surface area contributed by atoms with E-state index in [1.165, 1.54) is 17.3 Å². The molecule has 0 saturated carbocycles. The molecule has 1 amide bonds. The van der Waals surface area contributed by atoms with E-state index in [0.717, 1.165) is 12.1 Å². The van der Waals surface area contributed by atoms with Crippen molar-refractivity contribution in [1.82, 2.24) is 14.9 Å². The highest BCUT2D eigenvalue weighted by atomic mass is 19.2. The fourth-order valence-electron chi connectivity index (χ4n) is 4.72. The van der Waals surface area contributed by atoms with Gasteiger partial charge in [-0.3, -0.25) is 9.79 Å². The van der Waals surface area contributed by atoms with Crippen molar-refractivity contribution in [2.45, 2.75) is 18.9 Å². The van der Waals surface area contributed by atoms with E-state index in [2.05, 4.69) is 9.97 Å². The third-order valence-corrected chi connectivity index (χ3v) is 6.61. The van der Waals surface area contributed by atoms with Gasteiger partial charge in [-0.15, -0.1) is 0 Å². The van der Waals surface area contributed by atoms with Gasteiger partial charge in [-0.25, -0.2) is 27.5 Å². The van der Waals surface area contributed by atoms with Crippen LogP contribution in [0, 0.1) is 35.0 Å². The molecule has 5 rings (SSSR count). The second kappa shape index (κ2) is 9.95. The predicted molar refractivity (Wildman–Crippen MR) is 123 cm³/mol. The molecule has 2 aliphatic rings. The van der Waals surface area contributed by atoms with Crippen molar-refractivity contribution in [1.29, 1.82) is 0 Å². The number of benzene rings is 2. The summed E-state index contributed by atoms with van der Waals surface area (Å²) in [5.74, 6) is -10.4. The largest absolute Gasteiger partial charge is 0.451 e. The molecule has 7 nitrogen and oxygen atoms in total. The summed E-state index contributed by atoms with van der Waals surface area (Å²) < 4.78 is 88.2. The number of nitrogens with two attached hydrogens (primary N) is 1. The molecule has 2 aromatic carbocycles. The van der Waals surface area contributed by atoms with Gasteiger partial charge < -0.3 is 15.4 Å². The van der Waals surface area contributed by atoms with Crippen LogP contribution >= 0.6 is 0 Å². The van der Waals surface area contributed by atoms with Crippen molar-refractivity contribution in [3.05, 3.63) is 76.5 Å². The zero-order valence-electron chi connectivity index (χ0n) is 19.5. The molecule has 1 aromatic heterocycles. The van der Waals surface area contributed by atoms with Gasteiger partial charge in [0, 0.05) is 43.1 Å². The number of aromatic nitrogens is 2. The number of likely N-dealkylation sites (tertiary alicyclic amines) is 1. The summed E-state index contributed by atoms with van der Waals surface area (Å²) in [6.45, 7) is -0.466. The molecule has 1 saturated heterocycles. The number of nitrogens with zero attached hydrogens (tertiary/aromatic N) is 4. The van der Waals surface area contributed by atoms with E-state index < -0.39 is 59.2 Å². The van der Waals surface area contributed by atoms with E-state index in [9.17, 15) is 26.7 Å². The van der Waals surface area contributed by atoms with Gasteiger partial charge in [0.15, 0.2) is 18.3 Å². The van der Waals surface area contributed by atoms with Crippen LogP contribution in [0.3, 0.4) is 0 Å². The maximum atomic E-state index is 15.4. The molecule has 13 heteroatoms. The highest BCUT2D eigenvalue weighted by Crippen LogP contribution is 2.35. The topological polar surface area (TPSA) is 93.7 Å². The van der Waals surface area contributed by atoms with Gasteiger partial charge in [0.25, 0.3) is 5.91 Å². The van der Waals surface area contributed by atoms with Gasteiger partial charge in [0.1, 0.15) is 23.7 Å². The van der Waals surface area contributed by atoms with Crippen molar-refractivity contribution in [3.63, 3.8) is 0 Å². The summed E-state index contributed by atoms with van der Waals surface area (Å²) in [5.41, 5.74) is 6.92. The summed E-state index contributed by atoms with van der Waals surface area (Å²) in [5, 5.41) is 0. The number of aliphatic imine (C=N–C) groups is 1. The average Bonchev–Trinajstić information content (AvgIpc) is 3.40. The Bertz CT molecular complexity index is 1440. The Kier molecular flexibility index (Phi) is 6.67. The monoisotopic (exact) mass is 535 g/mol. The van der Waals surface area contributed by atoms with Crippen LogP contribution in [0.4, 0.5) is 32.2 Å². The van der Waals surface area contributed by atoms with Crippen LogP contribution in [0.15, 0.2) is 35.6 Å². The number of carbonyl (C=O) groups is 1. The van der Waals surface area contributed by atoms with E-state index in [0.29, 0.717) is 30.6 Å². The number of ether oxygens (including phenoxy) is 1. The van der Waals surface area contributed by atoms with Crippen LogP contribution < -0.4 is 10.5 Å². The number of alkyl halides is 1. The van der Waals surface area contributed by atoms with Gasteiger partial charge in [0.05, 0.1) is 23.0 Å². The minimum atomic E-state index is -1.77. The fourth-order valence-corrected chi connectivity index (χ4v) is 4.72. The van der Waals surface area contributed by atoms with Crippen LogP contribution in [-0.4, -0.2) is 52.3 Å². The van der Waals surface area contributed by atoms with Crippen molar-refractivity contribution < 1.29 is 35.9 Å². The molecular weight excluding hydrogens is 516 g/mol. The Morgan fingerprint density at radius 1 is 1.05 bits per heavy atom. The number of amides is 1. The number of nitrogen functional groups attached to an aromatic ring is 1. The summed E-state index contributed by atoms with van der Waals surface area (Å²) >= 11 is 0. The zero-order chi connectivity index (χ0) is 27.1. The number of hydrogen-bond acceptors (Lipinski definition) is 6. The predicted octanol–water partition coefficient (Wildman–Crippen LogP) is 4.13. The molecule has 2 aliphatic heterocycles. The van der Waals surface area contributed by atoms with Crippen molar-refractivity contribution >= 4 is 17.4 Å². The molecule has 38 heavy (non-hydrogen) atoms. The smallest absolute Gasteiger partial charge is 0.253 e. The molecule has 0 radical (unpaired) electrons. The quantitative estimate of drug-likeness (QED) is 0.392. The maximum Gasteiger partial charge on any atom is 0.253 e. The van der Waals surface area contributed by atoms with Gasteiger partial charge in [-0.1, -0.05) is 0 Å². The number of anilines is 1. The Morgan fingerprint density at radius 2 is 1.79 bits per heavy atom. The van der Waals surface area contributed by atoms with Crippen molar-refractivity contribution in [3.8, 4) is 11.5 Å². The van der Waals surface area contributed by atoms with E-state index >= 15 is 4.39 Å². The number of halogens is 6. The van der Waals surface area contributed by atoms with Crippen LogP contribution in [-0.2, 0) is 11.2 Å². The van der Waals surface area contributed by atoms with Crippen LogP contribution in [0.25, 0.3) is 0 Å². The van der Waals surface area contributed by atoms with E-state index in [1.807, 2.05) is 0 Å². The van der Waals surface area contributed by atoms with Gasteiger partial charge in [-0.2, -0.15) is 8.78 Å². The molecule has 0 bridgehead atoms. The van der Waals surface area contributed by atoms with Crippen molar-refractivity contribution in [2.24, 2.45) is 10.9 Å². The van der Waals surface area contributed by atoms with Crippen molar-refractivity contribution in [2.75, 3.05) is 25.5 Å². The minimum Gasteiger partial charge on any atom is -0.451 e. The number of fused-ring (bicyclic) bond motifs is 1. The third-order valence-electron chi connectivity index (χ3n) is 6.61. The van der Waals surface area contributed by atoms with E-state index in [1.54, 1.807) is 0 Å². The lowest BCUT2D eigenvalue weighted by Gasteiger charge is -2.27. The fraction of sp³-hybridized carbons (Fsp3) is 0.280. The number of hydrogen-bond donors (Lipinski definition) is 1. The van der Waals surface area contributed by atoms with Crippen LogP contribution in [0.5, 0.6) is 11.5 Å². The third kappa shape index (κ3) is 4.52. The molecule has 198 valence electrons. The number of rotatable bonds is 5. The molecule has 3 heterocycles. The highest BCUT2D eigenvalue weighted by molar-refractivity contribution is 6.16. The number of carbonyl (C=O) groups excluding carboxylic acids is 1. The molecular formula is C25H19F6N5O2. The van der Waals surface area contributed by atoms with Crippen LogP contribution in [0.2, 0.25) is 0 Å². The Balaban J connectivity index is 1.50. The SMILES string of the molecule is Nc1ncnc2c1C(c1ccc(Oc3c(F)c(F)cc(F)c3F)cc1F)=NC([C@@H]1CCN(C(=O)CF)C1)C2. The Labute approximate surface area is 212 Å². The maximum absolute atomic E-state index is 15.4. The molecule has 0 spiro atoms.